The maximum Gasteiger partial charge on any atom is 0.242 e. The quantitative estimate of drug-likeness (QED) is 0.848. The van der Waals surface area contributed by atoms with Gasteiger partial charge in [-0.25, -0.2) is 23.1 Å². The molecule has 0 aliphatic rings. The lowest BCUT2D eigenvalue weighted by Crippen LogP contribution is -2.24. The summed E-state index contributed by atoms with van der Waals surface area (Å²) in [6, 6.07) is 8.59. The Morgan fingerprint density at radius 3 is 2.67 bits per heavy atom. The fourth-order valence-electron chi connectivity index (χ4n) is 1.90. The molecule has 0 aliphatic heterocycles. The van der Waals surface area contributed by atoms with E-state index in [2.05, 4.69) is 20.0 Å². The van der Waals surface area contributed by atoms with Gasteiger partial charge in [0, 0.05) is 12.7 Å². The Morgan fingerprint density at radius 2 is 1.95 bits per heavy atom. The van der Waals surface area contributed by atoms with E-state index in [9.17, 15) is 8.42 Å². The molecule has 0 aliphatic carbocycles. The SMILES string of the molecule is CCNS(=O)(=O)c1ccccc1NCc1ccnc(C)n1. The number of nitrogens with one attached hydrogen (secondary N) is 2. The third-order valence-corrected chi connectivity index (χ3v) is 4.41. The van der Waals surface area contributed by atoms with Crippen molar-refractivity contribution in [3.05, 3.63) is 48.0 Å². The largest absolute Gasteiger partial charge is 0.378 e. The lowest BCUT2D eigenvalue weighted by Gasteiger charge is -2.12. The van der Waals surface area contributed by atoms with Crippen LogP contribution in [0.1, 0.15) is 18.4 Å². The second kappa shape index (κ2) is 6.64. The summed E-state index contributed by atoms with van der Waals surface area (Å²) < 4.78 is 26.8. The van der Waals surface area contributed by atoms with E-state index in [0.717, 1.165) is 5.69 Å². The van der Waals surface area contributed by atoms with E-state index in [1.807, 2.05) is 6.92 Å². The first-order valence-electron chi connectivity index (χ1n) is 6.64. The lowest BCUT2D eigenvalue weighted by molar-refractivity contribution is 0.584. The molecule has 1 heterocycles. The van der Waals surface area contributed by atoms with Crippen LogP contribution in [0, 0.1) is 6.92 Å². The normalized spacial score (nSPS) is 11.3. The van der Waals surface area contributed by atoms with Crippen LogP contribution in [-0.4, -0.2) is 24.9 Å². The molecule has 112 valence electrons. The predicted octanol–water partition coefficient (Wildman–Crippen LogP) is 1.70. The van der Waals surface area contributed by atoms with Crippen LogP contribution in [0.3, 0.4) is 0 Å². The summed E-state index contributed by atoms with van der Waals surface area (Å²) in [5, 5.41) is 3.11. The zero-order chi connectivity index (χ0) is 15.3. The van der Waals surface area contributed by atoms with Crippen LogP contribution in [-0.2, 0) is 16.6 Å². The van der Waals surface area contributed by atoms with Crippen LogP contribution in [0.2, 0.25) is 0 Å². The summed E-state index contributed by atoms with van der Waals surface area (Å²) >= 11 is 0. The number of hydrogen-bond donors (Lipinski definition) is 2. The predicted molar refractivity (Wildman–Crippen MR) is 81.4 cm³/mol. The number of aryl methyl sites for hydroxylation is 1. The number of para-hydroxylation sites is 1. The summed E-state index contributed by atoms with van der Waals surface area (Å²) in [5.74, 6) is 0.683. The molecule has 1 aromatic carbocycles. The van der Waals surface area contributed by atoms with Gasteiger partial charge in [-0.1, -0.05) is 19.1 Å². The van der Waals surface area contributed by atoms with Gasteiger partial charge in [0.1, 0.15) is 10.7 Å². The molecule has 0 saturated heterocycles. The highest BCUT2D eigenvalue weighted by Crippen LogP contribution is 2.21. The lowest BCUT2D eigenvalue weighted by atomic mass is 10.3. The van der Waals surface area contributed by atoms with Crippen molar-refractivity contribution in [2.24, 2.45) is 0 Å². The number of benzene rings is 1. The van der Waals surface area contributed by atoms with Crippen LogP contribution in [0.4, 0.5) is 5.69 Å². The van der Waals surface area contributed by atoms with Gasteiger partial charge in [0.05, 0.1) is 17.9 Å². The van der Waals surface area contributed by atoms with Crippen molar-refractivity contribution in [1.29, 1.82) is 0 Å². The molecule has 7 heteroatoms. The average Bonchev–Trinajstić information content (AvgIpc) is 2.45. The van der Waals surface area contributed by atoms with Gasteiger partial charge in [-0.05, 0) is 25.1 Å². The number of aromatic nitrogens is 2. The highest BCUT2D eigenvalue weighted by atomic mass is 32.2. The van der Waals surface area contributed by atoms with Crippen molar-refractivity contribution >= 4 is 15.7 Å². The van der Waals surface area contributed by atoms with Crippen molar-refractivity contribution < 1.29 is 8.42 Å². The molecule has 2 rings (SSSR count). The van der Waals surface area contributed by atoms with Crippen molar-refractivity contribution in [3.63, 3.8) is 0 Å². The summed E-state index contributed by atoms with van der Waals surface area (Å²) in [4.78, 5) is 8.54. The second-order valence-corrected chi connectivity index (χ2v) is 6.18. The van der Waals surface area contributed by atoms with Gasteiger partial charge in [0.2, 0.25) is 10.0 Å². The molecule has 2 aromatic rings. The molecule has 6 nitrogen and oxygen atoms in total. The van der Waals surface area contributed by atoms with Gasteiger partial charge in [-0.3, -0.25) is 0 Å². The van der Waals surface area contributed by atoms with Gasteiger partial charge in [0.25, 0.3) is 0 Å². The topological polar surface area (TPSA) is 84.0 Å². The van der Waals surface area contributed by atoms with E-state index >= 15 is 0 Å². The van der Waals surface area contributed by atoms with Crippen molar-refractivity contribution in [2.45, 2.75) is 25.3 Å². The smallest absolute Gasteiger partial charge is 0.242 e. The molecule has 0 radical (unpaired) electrons. The summed E-state index contributed by atoms with van der Waals surface area (Å²) in [6.45, 7) is 4.34. The van der Waals surface area contributed by atoms with Crippen molar-refractivity contribution in [2.75, 3.05) is 11.9 Å². The zero-order valence-electron chi connectivity index (χ0n) is 12.0. The maximum absolute atomic E-state index is 12.1. The average molecular weight is 306 g/mol. The van der Waals surface area contributed by atoms with E-state index < -0.39 is 10.0 Å². The van der Waals surface area contributed by atoms with Gasteiger partial charge >= 0.3 is 0 Å². The molecule has 0 atom stereocenters. The van der Waals surface area contributed by atoms with E-state index in [1.165, 1.54) is 0 Å². The van der Waals surface area contributed by atoms with E-state index in [-0.39, 0.29) is 4.90 Å². The molecular weight excluding hydrogens is 288 g/mol. The number of rotatable bonds is 6. The molecular formula is C14H18N4O2S. The zero-order valence-corrected chi connectivity index (χ0v) is 12.8. The molecule has 0 fully saturated rings. The van der Waals surface area contributed by atoms with Crippen LogP contribution >= 0.6 is 0 Å². The van der Waals surface area contributed by atoms with E-state index in [0.29, 0.717) is 24.6 Å². The highest BCUT2D eigenvalue weighted by Gasteiger charge is 2.16. The number of hydrogen-bond acceptors (Lipinski definition) is 5. The summed E-state index contributed by atoms with van der Waals surface area (Å²) in [6.07, 6.45) is 1.68. The molecule has 0 spiro atoms. The first-order valence-corrected chi connectivity index (χ1v) is 8.12. The molecule has 21 heavy (non-hydrogen) atoms. The Bertz CT molecular complexity index is 716. The summed E-state index contributed by atoms with van der Waals surface area (Å²) in [5.41, 5.74) is 1.35. The maximum atomic E-state index is 12.1. The molecule has 2 N–H and O–H groups in total. The van der Waals surface area contributed by atoms with Crippen molar-refractivity contribution in [3.8, 4) is 0 Å². The second-order valence-electron chi connectivity index (χ2n) is 4.45. The minimum absolute atomic E-state index is 0.234. The third kappa shape index (κ3) is 3.99. The molecule has 0 bridgehead atoms. The Kier molecular flexibility index (Phi) is 4.87. The minimum atomic E-state index is -3.50. The van der Waals surface area contributed by atoms with Crippen LogP contribution in [0.15, 0.2) is 41.4 Å². The minimum Gasteiger partial charge on any atom is -0.378 e. The van der Waals surface area contributed by atoms with Gasteiger partial charge in [0.15, 0.2) is 0 Å². The molecule has 0 unspecified atom stereocenters. The van der Waals surface area contributed by atoms with Crippen LogP contribution in [0.5, 0.6) is 0 Å². The third-order valence-electron chi connectivity index (χ3n) is 2.80. The Hall–Kier alpha value is -1.99. The van der Waals surface area contributed by atoms with Gasteiger partial charge < -0.3 is 5.32 Å². The van der Waals surface area contributed by atoms with Crippen LogP contribution in [0.25, 0.3) is 0 Å². The number of sulfonamides is 1. The first kappa shape index (κ1) is 15.4. The monoisotopic (exact) mass is 306 g/mol. The first-order chi connectivity index (χ1) is 10.0. The van der Waals surface area contributed by atoms with Crippen LogP contribution < -0.4 is 10.0 Å². The van der Waals surface area contributed by atoms with Crippen molar-refractivity contribution in [1.82, 2.24) is 14.7 Å². The fraction of sp³-hybridized carbons (Fsp3) is 0.286. The van der Waals surface area contributed by atoms with E-state index in [1.54, 1.807) is 43.5 Å². The standard InChI is InChI=1S/C14H18N4O2S/c1-3-17-21(19,20)14-7-5-4-6-13(14)16-10-12-8-9-15-11(2)18-12/h4-9,16-17H,3,10H2,1-2H3. The number of anilines is 1. The Morgan fingerprint density at radius 1 is 1.19 bits per heavy atom. The Labute approximate surface area is 124 Å². The van der Waals surface area contributed by atoms with Gasteiger partial charge in [-0.15, -0.1) is 0 Å². The summed E-state index contributed by atoms with van der Waals surface area (Å²) in [7, 11) is -3.50. The Balaban J connectivity index is 2.21. The highest BCUT2D eigenvalue weighted by molar-refractivity contribution is 7.89. The van der Waals surface area contributed by atoms with Gasteiger partial charge in [-0.2, -0.15) is 0 Å². The molecule has 1 aromatic heterocycles. The fourth-order valence-corrected chi connectivity index (χ4v) is 3.13. The number of nitrogens with zero attached hydrogens (tertiary/aromatic N) is 2. The molecule has 0 amide bonds. The van der Waals surface area contributed by atoms with E-state index in [4.69, 9.17) is 0 Å². The molecule has 0 saturated carbocycles.